The summed E-state index contributed by atoms with van der Waals surface area (Å²) in [7, 11) is 0. The van der Waals surface area contributed by atoms with Gasteiger partial charge < -0.3 is 11.1 Å². The van der Waals surface area contributed by atoms with Crippen LogP contribution < -0.4 is 11.1 Å². The maximum atomic E-state index is 11.5. The highest BCUT2D eigenvalue weighted by Crippen LogP contribution is 2.19. The maximum Gasteiger partial charge on any atom is 0.225 e. The molecule has 1 rings (SSSR count). The molecule has 0 saturated heterocycles. The zero-order chi connectivity index (χ0) is 12.0. The van der Waals surface area contributed by atoms with Crippen LogP contribution in [-0.4, -0.2) is 22.4 Å². The Morgan fingerprint density at radius 1 is 1.44 bits per heavy atom. The van der Waals surface area contributed by atoms with Gasteiger partial charge in [0.1, 0.15) is 9.21 Å². The van der Waals surface area contributed by atoms with Gasteiger partial charge in [-0.2, -0.15) is 0 Å². The normalized spacial score (nSPS) is 10.2. The monoisotopic (exact) mass is 350 g/mol. The first-order valence-corrected chi connectivity index (χ1v) is 6.40. The molecule has 1 aromatic heterocycles. The first-order chi connectivity index (χ1) is 7.63. The summed E-state index contributed by atoms with van der Waals surface area (Å²) in [5, 5.41) is 2.68. The fourth-order valence-corrected chi connectivity index (χ4v) is 1.97. The Bertz CT molecular complexity index is 373. The molecule has 0 radical (unpaired) electrons. The summed E-state index contributed by atoms with van der Waals surface area (Å²) in [5.41, 5.74) is 5.34. The summed E-state index contributed by atoms with van der Waals surface area (Å²) in [4.78, 5) is 19.6. The van der Waals surface area contributed by atoms with Crippen LogP contribution in [0.5, 0.6) is 0 Å². The molecule has 0 aliphatic carbocycles. The molecule has 0 aliphatic heterocycles. The molecule has 0 bridgehead atoms. The maximum absolute atomic E-state index is 11.5. The summed E-state index contributed by atoms with van der Waals surface area (Å²) in [6.07, 6.45) is 3.60. The van der Waals surface area contributed by atoms with Crippen molar-refractivity contribution >= 4 is 43.6 Å². The molecule has 0 spiro atoms. The van der Waals surface area contributed by atoms with E-state index in [-0.39, 0.29) is 5.91 Å². The fraction of sp³-hybridized carbons (Fsp3) is 0.444. The Balaban J connectivity index is 2.49. The van der Waals surface area contributed by atoms with Gasteiger partial charge in [-0.3, -0.25) is 4.79 Å². The lowest BCUT2D eigenvalue weighted by Crippen LogP contribution is -2.13. The number of aromatic nitrogens is 2. The third-order valence-electron chi connectivity index (χ3n) is 1.82. The fourth-order valence-electron chi connectivity index (χ4n) is 1.05. The molecule has 7 heteroatoms. The molecule has 0 aromatic carbocycles. The van der Waals surface area contributed by atoms with E-state index in [9.17, 15) is 4.79 Å². The zero-order valence-electron chi connectivity index (χ0n) is 8.54. The number of nitrogens with zero attached hydrogens (tertiary/aromatic N) is 2. The molecular weight excluding hydrogens is 340 g/mol. The third kappa shape index (κ3) is 4.54. The molecule has 3 N–H and O–H groups in total. The molecule has 88 valence electrons. The van der Waals surface area contributed by atoms with Crippen LogP contribution in [0.2, 0.25) is 0 Å². The Morgan fingerprint density at radius 2 is 2.19 bits per heavy atom. The number of nitrogens with two attached hydrogens (primary N) is 1. The molecule has 0 aliphatic rings. The Morgan fingerprint density at radius 3 is 2.81 bits per heavy atom. The number of unbranched alkanes of at least 4 members (excludes halogenated alkanes) is 1. The van der Waals surface area contributed by atoms with E-state index >= 15 is 0 Å². The molecule has 0 fully saturated rings. The lowest BCUT2D eigenvalue weighted by Gasteiger charge is -2.05. The van der Waals surface area contributed by atoms with E-state index < -0.39 is 0 Å². The van der Waals surface area contributed by atoms with Crippen LogP contribution in [0.1, 0.15) is 19.3 Å². The van der Waals surface area contributed by atoms with Crippen molar-refractivity contribution in [1.82, 2.24) is 9.97 Å². The van der Waals surface area contributed by atoms with Crippen LogP contribution >= 0.6 is 31.9 Å². The van der Waals surface area contributed by atoms with Gasteiger partial charge in [0, 0.05) is 6.42 Å². The van der Waals surface area contributed by atoms with Gasteiger partial charge in [0.15, 0.2) is 5.82 Å². The van der Waals surface area contributed by atoms with Crippen molar-refractivity contribution in [2.75, 3.05) is 11.9 Å². The zero-order valence-corrected chi connectivity index (χ0v) is 11.7. The lowest BCUT2D eigenvalue weighted by molar-refractivity contribution is -0.116. The molecule has 0 unspecified atom stereocenters. The number of hydrogen-bond acceptors (Lipinski definition) is 4. The van der Waals surface area contributed by atoms with Crippen LogP contribution in [0.3, 0.4) is 0 Å². The standard InChI is InChI=1S/C9H12Br2N4O/c10-6-5-13-9(8(11)14-6)15-7(16)3-1-2-4-12/h5H,1-4,12H2,(H,13,15,16). The van der Waals surface area contributed by atoms with Crippen LogP contribution in [0, 0.1) is 0 Å². The SMILES string of the molecule is NCCCCC(=O)Nc1ncc(Br)nc1Br. The Labute approximate surface area is 110 Å². The summed E-state index contributed by atoms with van der Waals surface area (Å²) in [5.74, 6) is 0.353. The summed E-state index contributed by atoms with van der Waals surface area (Å²) in [6, 6.07) is 0. The third-order valence-corrected chi connectivity index (χ3v) is 2.75. The van der Waals surface area contributed by atoms with Gasteiger partial charge in [-0.05, 0) is 51.2 Å². The van der Waals surface area contributed by atoms with Crippen molar-refractivity contribution < 1.29 is 4.79 Å². The van der Waals surface area contributed by atoms with Crippen molar-refractivity contribution in [2.45, 2.75) is 19.3 Å². The van der Waals surface area contributed by atoms with Gasteiger partial charge >= 0.3 is 0 Å². The number of nitrogens with one attached hydrogen (secondary N) is 1. The highest BCUT2D eigenvalue weighted by molar-refractivity contribution is 9.11. The average molecular weight is 352 g/mol. The van der Waals surface area contributed by atoms with Gasteiger partial charge in [-0.1, -0.05) is 0 Å². The van der Waals surface area contributed by atoms with Crippen molar-refractivity contribution in [1.29, 1.82) is 0 Å². The predicted octanol–water partition coefficient (Wildman–Crippen LogP) is 2.07. The number of hydrogen-bond donors (Lipinski definition) is 2. The molecule has 0 atom stereocenters. The van der Waals surface area contributed by atoms with E-state index in [1.807, 2.05) is 0 Å². The Kier molecular flexibility index (Phi) is 5.86. The first-order valence-electron chi connectivity index (χ1n) is 4.81. The minimum atomic E-state index is -0.0780. The predicted molar refractivity (Wildman–Crippen MR) is 69.0 cm³/mol. The number of anilines is 1. The number of carbonyl (C=O) groups excluding carboxylic acids is 1. The van der Waals surface area contributed by atoms with Crippen molar-refractivity contribution in [3.05, 3.63) is 15.4 Å². The van der Waals surface area contributed by atoms with E-state index in [0.29, 0.717) is 28.0 Å². The minimum absolute atomic E-state index is 0.0780. The quantitative estimate of drug-likeness (QED) is 0.795. The molecule has 0 saturated carbocycles. The van der Waals surface area contributed by atoms with E-state index in [0.717, 1.165) is 12.8 Å². The average Bonchev–Trinajstić information content (AvgIpc) is 2.23. The van der Waals surface area contributed by atoms with Gasteiger partial charge in [0.05, 0.1) is 6.20 Å². The molecular formula is C9H12Br2N4O. The van der Waals surface area contributed by atoms with Crippen LogP contribution in [-0.2, 0) is 4.79 Å². The van der Waals surface area contributed by atoms with Gasteiger partial charge in [-0.25, -0.2) is 9.97 Å². The number of rotatable bonds is 5. The molecule has 5 nitrogen and oxygen atoms in total. The molecule has 1 heterocycles. The van der Waals surface area contributed by atoms with Crippen molar-refractivity contribution in [3.63, 3.8) is 0 Å². The van der Waals surface area contributed by atoms with Crippen molar-refractivity contribution in [3.8, 4) is 0 Å². The van der Waals surface area contributed by atoms with Crippen molar-refractivity contribution in [2.24, 2.45) is 5.73 Å². The van der Waals surface area contributed by atoms with Gasteiger partial charge in [0.2, 0.25) is 5.91 Å². The molecule has 16 heavy (non-hydrogen) atoms. The second kappa shape index (κ2) is 6.93. The van der Waals surface area contributed by atoms with E-state index in [1.54, 1.807) is 0 Å². The van der Waals surface area contributed by atoms with E-state index in [4.69, 9.17) is 5.73 Å². The number of carbonyl (C=O) groups is 1. The number of halogens is 2. The molecule has 1 aromatic rings. The lowest BCUT2D eigenvalue weighted by atomic mass is 10.2. The van der Waals surface area contributed by atoms with Crippen LogP contribution in [0.15, 0.2) is 15.4 Å². The second-order valence-electron chi connectivity index (χ2n) is 3.13. The first kappa shape index (κ1) is 13.5. The summed E-state index contributed by atoms with van der Waals surface area (Å²) in [6.45, 7) is 0.606. The van der Waals surface area contributed by atoms with Gasteiger partial charge in [0.25, 0.3) is 0 Å². The highest BCUT2D eigenvalue weighted by Gasteiger charge is 2.07. The summed E-state index contributed by atoms with van der Waals surface area (Å²) >= 11 is 6.40. The summed E-state index contributed by atoms with van der Waals surface area (Å²) < 4.78 is 1.12. The van der Waals surface area contributed by atoms with Gasteiger partial charge in [-0.15, -0.1) is 0 Å². The Hall–Kier alpha value is -0.530. The second-order valence-corrected chi connectivity index (χ2v) is 4.69. The minimum Gasteiger partial charge on any atom is -0.330 e. The van der Waals surface area contributed by atoms with Crippen LogP contribution in [0.25, 0.3) is 0 Å². The largest absolute Gasteiger partial charge is 0.330 e. The topological polar surface area (TPSA) is 80.9 Å². The highest BCUT2D eigenvalue weighted by atomic mass is 79.9. The smallest absolute Gasteiger partial charge is 0.225 e. The van der Waals surface area contributed by atoms with Crippen LogP contribution in [0.4, 0.5) is 5.82 Å². The molecule has 1 amide bonds. The van der Waals surface area contributed by atoms with E-state index in [1.165, 1.54) is 6.20 Å². The number of amides is 1. The van der Waals surface area contributed by atoms with E-state index in [2.05, 4.69) is 47.1 Å².